The number of morpholine rings is 1. The maximum atomic E-state index is 10.8. The molecule has 0 aliphatic carbocycles. The highest BCUT2D eigenvalue weighted by molar-refractivity contribution is 5.90. The van der Waals surface area contributed by atoms with Crippen LogP contribution in [0.3, 0.4) is 0 Å². The highest BCUT2D eigenvalue weighted by Gasteiger charge is 2.17. The molecule has 1 aliphatic heterocycles. The predicted molar refractivity (Wildman–Crippen MR) is 100 cm³/mol. The van der Waals surface area contributed by atoms with Gasteiger partial charge in [-0.1, -0.05) is 0 Å². The first-order chi connectivity index (χ1) is 12.7. The highest BCUT2D eigenvalue weighted by atomic mass is 16.5. The summed E-state index contributed by atoms with van der Waals surface area (Å²) < 4.78 is 5.40. The summed E-state index contributed by atoms with van der Waals surface area (Å²) >= 11 is 0. The molecule has 1 aliphatic rings. The quantitative estimate of drug-likeness (QED) is 0.518. The minimum absolute atomic E-state index is 0.429. The van der Waals surface area contributed by atoms with E-state index in [1.165, 1.54) is 6.21 Å². The van der Waals surface area contributed by atoms with Crippen molar-refractivity contribution >= 4 is 29.8 Å². The van der Waals surface area contributed by atoms with Crippen LogP contribution in [0.1, 0.15) is 17.0 Å². The monoisotopic (exact) mass is 354 g/mol. The Morgan fingerprint density at radius 3 is 2.85 bits per heavy atom. The Hall–Kier alpha value is -2.84. The minimum atomic E-state index is 0.429. The first-order valence-corrected chi connectivity index (χ1v) is 8.44. The zero-order valence-corrected chi connectivity index (χ0v) is 14.7. The SMILES string of the molecule is Cc1cc(Nc2c(C=N)cc(NC=O)nc2CN2CCOCC2)ccn1. The van der Waals surface area contributed by atoms with Gasteiger partial charge in [0.15, 0.2) is 0 Å². The second-order valence-corrected chi connectivity index (χ2v) is 6.02. The summed E-state index contributed by atoms with van der Waals surface area (Å²) in [5.41, 5.74) is 3.96. The van der Waals surface area contributed by atoms with Gasteiger partial charge in [0.25, 0.3) is 0 Å². The molecule has 0 spiro atoms. The van der Waals surface area contributed by atoms with E-state index in [1.807, 2.05) is 19.1 Å². The molecule has 26 heavy (non-hydrogen) atoms. The van der Waals surface area contributed by atoms with Crippen LogP contribution in [0.5, 0.6) is 0 Å². The average Bonchev–Trinajstić information content (AvgIpc) is 2.64. The number of ether oxygens (including phenoxy) is 1. The molecule has 1 amide bonds. The average molecular weight is 354 g/mol. The Morgan fingerprint density at radius 1 is 1.35 bits per heavy atom. The van der Waals surface area contributed by atoms with E-state index in [1.54, 1.807) is 12.3 Å². The van der Waals surface area contributed by atoms with E-state index < -0.39 is 0 Å². The van der Waals surface area contributed by atoms with Crippen LogP contribution in [0.2, 0.25) is 0 Å². The number of carbonyl (C=O) groups excluding carboxylic acids is 1. The van der Waals surface area contributed by atoms with Crippen molar-refractivity contribution in [2.75, 3.05) is 36.9 Å². The lowest BCUT2D eigenvalue weighted by Gasteiger charge is -2.27. The Morgan fingerprint density at radius 2 is 2.15 bits per heavy atom. The molecule has 0 radical (unpaired) electrons. The van der Waals surface area contributed by atoms with Crippen LogP contribution < -0.4 is 10.6 Å². The molecule has 2 aromatic rings. The van der Waals surface area contributed by atoms with Gasteiger partial charge in [-0.2, -0.15) is 0 Å². The zero-order valence-electron chi connectivity index (χ0n) is 14.7. The van der Waals surface area contributed by atoms with Gasteiger partial charge >= 0.3 is 0 Å². The van der Waals surface area contributed by atoms with Crippen molar-refractivity contribution < 1.29 is 9.53 Å². The third-order valence-electron chi connectivity index (χ3n) is 4.13. The summed E-state index contributed by atoms with van der Waals surface area (Å²) in [6.07, 6.45) is 3.59. The Kier molecular flexibility index (Phi) is 5.88. The van der Waals surface area contributed by atoms with Crippen LogP contribution in [0.25, 0.3) is 0 Å². The van der Waals surface area contributed by atoms with Crippen molar-refractivity contribution in [3.8, 4) is 0 Å². The molecule has 8 nitrogen and oxygen atoms in total. The fourth-order valence-corrected chi connectivity index (χ4v) is 2.87. The molecule has 0 unspecified atom stereocenters. The molecule has 0 bridgehead atoms. The number of hydrogen-bond donors (Lipinski definition) is 3. The summed E-state index contributed by atoms with van der Waals surface area (Å²) in [7, 11) is 0. The van der Waals surface area contributed by atoms with E-state index in [2.05, 4.69) is 25.5 Å². The van der Waals surface area contributed by atoms with Crippen molar-refractivity contribution in [3.63, 3.8) is 0 Å². The molecule has 1 saturated heterocycles. The Labute approximate surface area is 152 Å². The van der Waals surface area contributed by atoms with Crippen LogP contribution in [-0.2, 0) is 16.1 Å². The number of amides is 1. The largest absolute Gasteiger partial charge is 0.379 e. The van der Waals surface area contributed by atoms with Gasteiger partial charge in [0, 0.05) is 49.0 Å². The number of aromatic nitrogens is 2. The number of hydrogen-bond acceptors (Lipinski definition) is 7. The Balaban J connectivity index is 1.97. The van der Waals surface area contributed by atoms with E-state index in [0.717, 1.165) is 35.9 Å². The van der Waals surface area contributed by atoms with Crippen LogP contribution in [0.4, 0.5) is 17.2 Å². The van der Waals surface area contributed by atoms with Crippen LogP contribution >= 0.6 is 0 Å². The third-order valence-corrected chi connectivity index (χ3v) is 4.13. The second-order valence-electron chi connectivity index (χ2n) is 6.02. The predicted octanol–water partition coefficient (Wildman–Crippen LogP) is 1.93. The molecule has 1 fully saturated rings. The molecule has 2 aromatic heterocycles. The van der Waals surface area contributed by atoms with E-state index in [4.69, 9.17) is 10.1 Å². The molecule has 136 valence electrons. The van der Waals surface area contributed by atoms with Crippen LogP contribution in [0.15, 0.2) is 24.4 Å². The molecule has 0 saturated carbocycles. The smallest absolute Gasteiger partial charge is 0.212 e. The van der Waals surface area contributed by atoms with Crippen molar-refractivity contribution in [3.05, 3.63) is 41.3 Å². The Bertz CT molecular complexity index is 789. The van der Waals surface area contributed by atoms with E-state index >= 15 is 0 Å². The van der Waals surface area contributed by atoms with Gasteiger partial charge in [-0.15, -0.1) is 0 Å². The number of pyridine rings is 2. The molecule has 3 rings (SSSR count). The van der Waals surface area contributed by atoms with Gasteiger partial charge in [0.05, 0.1) is 24.6 Å². The second kappa shape index (κ2) is 8.50. The van der Waals surface area contributed by atoms with E-state index in [9.17, 15) is 4.79 Å². The van der Waals surface area contributed by atoms with Gasteiger partial charge in [0.1, 0.15) is 5.82 Å². The number of rotatable bonds is 7. The van der Waals surface area contributed by atoms with Crippen molar-refractivity contribution in [1.29, 1.82) is 5.41 Å². The highest BCUT2D eigenvalue weighted by Crippen LogP contribution is 2.27. The molecular weight excluding hydrogens is 332 g/mol. The van der Waals surface area contributed by atoms with Gasteiger partial charge < -0.3 is 20.8 Å². The van der Waals surface area contributed by atoms with Crippen LogP contribution in [0, 0.1) is 12.3 Å². The topological polar surface area (TPSA) is 103 Å². The molecule has 0 atom stereocenters. The summed E-state index contributed by atoms with van der Waals surface area (Å²) in [6, 6.07) is 5.49. The fraction of sp³-hybridized carbons (Fsp3) is 0.333. The van der Waals surface area contributed by atoms with Crippen molar-refractivity contribution in [2.24, 2.45) is 0 Å². The van der Waals surface area contributed by atoms with Gasteiger partial charge in [0.2, 0.25) is 6.41 Å². The number of nitrogens with zero attached hydrogens (tertiary/aromatic N) is 3. The summed E-state index contributed by atoms with van der Waals surface area (Å²) in [6.45, 7) is 5.55. The summed E-state index contributed by atoms with van der Waals surface area (Å²) in [5.74, 6) is 0.429. The van der Waals surface area contributed by atoms with E-state index in [0.29, 0.717) is 37.5 Å². The standard InChI is InChI=1S/C18H22N6O2/c1-13-8-15(2-3-20-13)22-18-14(10-19)9-17(21-12-25)23-16(18)11-24-4-6-26-7-5-24/h2-3,8-10,12,19H,4-7,11H2,1H3,(H,20,22)(H,21,23,25). The normalized spacial score (nSPS) is 14.7. The number of anilines is 3. The number of aryl methyl sites for hydroxylation is 1. The van der Waals surface area contributed by atoms with E-state index in [-0.39, 0.29) is 0 Å². The summed E-state index contributed by atoms with van der Waals surface area (Å²) in [5, 5.41) is 13.7. The lowest BCUT2D eigenvalue weighted by Crippen LogP contribution is -2.36. The first kappa shape index (κ1) is 18.0. The van der Waals surface area contributed by atoms with Crippen molar-refractivity contribution in [1.82, 2.24) is 14.9 Å². The number of carbonyl (C=O) groups is 1. The van der Waals surface area contributed by atoms with Gasteiger partial charge in [-0.25, -0.2) is 4.98 Å². The molecule has 3 heterocycles. The molecule has 3 N–H and O–H groups in total. The fourth-order valence-electron chi connectivity index (χ4n) is 2.87. The van der Waals surface area contributed by atoms with Crippen LogP contribution in [-0.4, -0.2) is 53.8 Å². The lowest BCUT2D eigenvalue weighted by molar-refractivity contribution is -0.105. The molecular formula is C18H22N6O2. The lowest BCUT2D eigenvalue weighted by atomic mass is 10.1. The maximum absolute atomic E-state index is 10.8. The number of nitrogens with one attached hydrogen (secondary N) is 3. The maximum Gasteiger partial charge on any atom is 0.212 e. The molecule has 8 heteroatoms. The summed E-state index contributed by atoms with van der Waals surface area (Å²) in [4.78, 5) is 21.9. The van der Waals surface area contributed by atoms with Gasteiger partial charge in [-0.3, -0.25) is 14.7 Å². The minimum Gasteiger partial charge on any atom is -0.379 e. The van der Waals surface area contributed by atoms with Crippen molar-refractivity contribution in [2.45, 2.75) is 13.5 Å². The molecule has 0 aromatic carbocycles. The van der Waals surface area contributed by atoms with Gasteiger partial charge in [-0.05, 0) is 25.1 Å². The first-order valence-electron chi connectivity index (χ1n) is 8.44. The zero-order chi connectivity index (χ0) is 18.4. The third kappa shape index (κ3) is 4.41.